The first-order valence-corrected chi connectivity index (χ1v) is 20.9. The summed E-state index contributed by atoms with van der Waals surface area (Å²) in [6.07, 6.45) is 3.00. The van der Waals surface area contributed by atoms with Crippen molar-refractivity contribution in [3.05, 3.63) is 118 Å². The monoisotopic (exact) mass is 810 g/mol. The van der Waals surface area contributed by atoms with Crippen LogP contribution in [-0.2, 0) is 9.59 Å². The molecule has 0 saturated carbocycles. The second-order valence-electron chi connectivity index (χ2n) is 16.0. The third-order valence-corrected chi connectivity index (χ3v) is 11.7. The standard InChI is InChI=1S/C50H58N4O6/c1-11-53(12-2)33-19-15-31(16-20-33)51-25-37-43-35(39(27(5)6)49(59)45(37)55)23-29(9)41(47(43)57)42-30(10)24-36-40(28(7)8)50(60)46(56)38(44(36)48(42)58)26-52-32-17-21-34(22-18-32)54(13-3)14-4/h15-28,51-52,57-60H,11-14H2,1-10H3/b37-25-,38-26+. The molecule has 0 heterocycles. The number of hydrogen-bond donors (Lipinski definition) is 6. The van der Waals surface area contributed by atoms with Gasteiger partial charge >= 0.3 is 0 Å². The summed E-state index contributed by atoms with van der Waals surface area (Å²) in [7, 11) is 0. The largest absolute Gasteiger partial charge is 0.507 e. The first kappa shape index (κ1) is 43.2. The Hall–Kier alpha value is -6.42. The summed E-state index contributed by atoms with van der Waals surface area (Å²) in [5.41, 5.74) is 7.57. The second kappa shape index (κ2) is 17.4. The Balaban J connectivity index is 1.54. The second-order valence-corrected chi connectivity index (χ2v) is 16.0. The maximum atomic E-state index is 14.1. The summed E-state index contributed by atoms with van der Waals surface area (Å²) in [5, 5.41) is 54.2. The van der Waals surface area contributed by atoms with Crippen LogP contribution >= 0.6 is 0 Å². The molecule has 2 aliphatic rings. The summed E-state index contributed by atoms with van der Waals surface area (Å²) in [6.45, 7) is 22.9. The van der Waals surface area contributed by atoms with E-state index in [1.54, 1.807) is 13.8 Å². The van der Waals surface area contributed by atoms with Crippen molar-refractivity contribution in [2.24, 2.45) is 11.8 Å². The number of fused-ring (bicyclic) bond motifs is 2. The summed E-state index contributed by atoms with van der Waals surface area (Å²) >= 11 is 0. The van der Waals surface area contributed by atoms with E-state index in [-0.39, 0.29) is 56.7 Å². The summed E-state index contributed by atoms with van der Waals surface area (Å²) in [5.74, 6) is -3.13. The lowest BCUT2D eigenvalue weighted by atomic mass is 9.75. The predicted molar refractivity (Wildman–Crippen MR) is 247 cm³/mol. The van der Waals surface area contributed by atoms with Gasteiger partial charge < -0.3 is 40.9 Å². The molecule has 60 heavy (non-hydrogen) atoms. The molecule has 2 aliphatic carbocycles. The Bertz CT molecular complexity index is 2290. The number of anilines is 4. The molecule has 0 aliphatic heterocycles. The Morgan fingerprint density at radius 2 is 0.850 bits per heavy atom. The van der Waals surface area contributed by atoms with Gasteiger partial charge in [-0.05, 0) is 124 Å². The Kier molecular flexibility index (Phi) is 12.5. The number of carbonyl (C=O) groups is 2. The van der Waals surface area contributed by atoms with Crippen LogP contribution in [0.3, 0.4) is 0 Å². The number of ketones is 2. The van der Waals surface area contributed by atoms with Gasteiger partial charge in [0.05, 0.1) is 11.1 Å². The smallest absolute Gasteiger partial charge is 0.229 e. The Morgan fingerprint density at radius 1 is 0.533 bits per heavy atom. The van der Waals surface area contributed by atoms with Crippen LogP contribution in [0.5, 0.6) is 11.5 Å². The molecular weight excluding hydrogens is 753 g/mol. The van der Waals surface area contributed by atoms with Crippen LogP contribution in [0.1, 0.15) is 88.8 Å². The number of rotatable bonds is 13. The van der Waals surface area contributed by atoms with Crippen LogP contribution in [0.15, 0.2) is 84.6 Å². The highest BCUT2D eigenvalue weighted by Gasteiger charge is 2.38. The van der Waals surface area contributed by atoms with Gasteiger partial charge in [-0.3, -0.25) is 9.59 Å². The van der Waals surface area contributed by atoms with Crippen LogP contribution in [0.2, 0.25) is 0 Å². The third kappa shape index (κ3) is 7.62. The van der Waals surface area contributed by atoms with Crippen LogP contribution in [0, 0.1) is 25.7 Å². The molecule has 0 unspecified atom stereocenters. The lowest BCUT2D eigenvalue weighted by Crippen LogP contribution is -2.21. The number of phenols is 2. The van der Waals surface area contributed by atoms with Gasteiger partial charge in [0, 0.05) is 94.7 Å². The van der Waals surface area contributed by atoms with Crippen molar-refractivity contribution in [3.63, 3.8) is 0 Å². The normalized spacial score (nSPS) is 15.3. The van der Waals surface area contributed by atoms with Crippen molar-refractivity contribution in [2.45, 2.75) is 69.2 Å². The van der Waals surface area contributed by atoms with Gasteiger partial charge in [0.25, 0.3) is 0 Å². The van der Waals surface area contributed by atoms with E-state index in [1.165, 1.54) is 12.4 Å². The van der Waals surface area contributed by atoms with Gasteiger partial charge in [-0.1, -0.05) is 39.8 Å². The number of phenolic OH excluding ortho intramolecular Hbond substituents is 2. The number of carbonyl (C=O) groups excluding carboxylic acids is 2. The average Bonchev–Trinajstić information content (AvgIpc) is 3.21. The van der Waals surface area contributed by atoms with E-state index in [0.717, 1.165) is 37.6 Å². The maximum absolute atomic E-state index is 14.1. The zero-order valence-electron chi connectivity index (χ0n) is 36.4. The molecule has 10 nitrogen and oxygen atoms in total. The number of aliphatic hydroxyl groups excluding tert-OH is 2. The molecule has 6 N–H and O–H groups in total. The molecule has 0 bridgehead atoms. The number of aliphatic hydroxyl groups is 2. The molecule has 0 fully saturated rings. The van der Waals surface area contributed by atoms with Crippen LogP contribution in [-0.4, -0.2) is 58.2 Å². The van der Waals surface area contributed by atoms with Crippen molar-refractivity contribution in [1.82, 2.24) is 0 Å². The summed E-state index contributed by atoms with van der Waals surface area (Å²) in [4.78, 5) is 32.6. The van der Waals surface area contributed by atoms with Gasteiger partial charge in [-0.2, -0.15) is 0 Å². The first-order chi connectivity index (χ1) is 28.6. The highest BCUT2D eigenvalue weighted by molar-refractivity contribution is 6.35. The van der Waals surface area contributed by atoms with E-state index in [1.807, 2.05) is 88.4 Å². The predicted octanol–water partition coefficient (Wildman–Crippen LogP) is 11.0. The van der Waals surface area contributed by atoms with Gasteiger partial charge in [0.1, 0.15) is 11.5 Å². The lowest BCUT2D eigenvalue weighted by molar-refractivity contribution is -0.113. The van der Waals surface area contributed by atoms with Crippen molar-refractivity contribution in [2.75, 3.05) is 46.6 Å². The van der Waals surface area contributed by atoms with Crippen molar-refractivity contribution in [1.29, 1.82) is 0 Å². The number of nitrogens with zero attached hydrogens (tertiary/aromatic N) is 2. The molecular formula is C50H58N4O6. The molecule has 0 atom stereocenters. The van der Waals surface area contributed by atoms with Gasteiger partial charge in [-0.25, -0.2) is 0 Å². The number of aryl methyl sites for hydroxylation is 2. The van der Waals surface area contributed by atoms with Gasteiger partial charge in [-0.15, -0.1) is 0 Å². The molecule has 314 valence electrons. The highest BCUT2D eigenvalue weighted by Crippen LogP contribution is 2.53. The molecule has 0 radical (unpaired) electrons. The third-order valence-electron chi connectivity index (χ3n) is 11.7. The minimum Gasteiger partial charge on any atom is -0.507 e. The van der Waals surface area contributed by atoms with E-state index < -0.39 is 23.1 Å². The summed E-state index contributed by atoms with van der Waals surface area (Å²) in [6, 6.07) is 19.2. The van der Waals surface area contributed by atoms with E-state index in [2.05, 4.69) is 48.1 Å². The Labute approximate surface area is 353 Å². The Morgan fingerprint density at radius 3 is 1.13 bits per heavy atom. The fraction of sp³-hybridized carbons (Fsp3) is 0.320. The van der Waals surface area contributed by atoms with E-state index in [0.29, 0.717) is 44.8 Å². The topological polar surface area (TPSA) is 146 Å². The highest BCUT2D eigenvalue weighted by atomic mass is 16.3. The molecule has 6 rings (SSSR count). The SMILES string of the molecule is CCN(CC)c1ccc(N/C=C2\C(=O)C(O)=C(C(C)C)c3cc(C)c(-c4c(C)cc5c(c4O)/C(=C\Nc4ccc(N(CC)CC)cc4)C(=O)C(O)=C5C(C)C)c(O)c32)cc1. The van der Waals surface area contributed by atoms with E-state index >= 15 is 0 Å². The molecule has 4 aromatic rings. The van der Waals surface area contributed by atoms with Crippen LogP contribution < -0.4 is 20.4 Å². The molecule has 0 aromatic heterocycles. The molecule has 0 spiro atoms. The van der Waals surface area contributed by atoms with Crippen molar-refractivity contribution in [3.8, 4) is 22.6 Å². The van der Waals surface area contributed by atoms with Crippen molar-refractivity contribution >= 4 is 56.6 Å². The van der Waals surface area contributed by atoms with E-state index in [4.69, 9.17) is 0 Å². The number of benzene rings is 4. The zero-order chi connectivity index (χ0) is 43.7. The number of allylic oxidation sites excluding steroid dienone is 4. The minimum absolute atomic E-state index is 0.0514. The number of aromatic hydroxyl groups is 2. The van der Waals surface area contributed by atoms with Gasteiger partial charge in [0.15, 0.2) is 11.5 Å². The fourth-order valence-corrected chi connectivity index (χ4v) is 8.65. The fourth-order valence-electron chi connectivity index (χ4n) is 8.65. The zero-order valence-corrected chi connectivity index (χ0v) is 36.4. The first-order valence-electron chi connectivity index (χ1n) is 20.9. The lowest BCUT2D eigenvalue weighted by Gasteiger charge is -2.29. The summed E-state index contributed by atoms with van der Waals surface area (Å²) < 4.78 is 0. The molecule has 0 saturated heterocycles. The quantitative estimate of drug-likeness (QED) is 0.0722. The minimum atomic E-state index is -0.649. The number of hydrogen-bond acceptors (Lipinski definition) is 10. The molecule has 0 amide bonds. The number of Topliss-reactive ketones (excluding diaryl/α,β-unsaturated/α-hetero) is 2. The van der Waals surface area contributed by atoms with Crippen LogP contribution in [0.25, 0.3) is 33.4 Å². The number of nitrogens with one attached hydrogen (secondary N) is 2. The van der Waals surface area contributed by atoms with E-state index in [9.17, 15) is 30.0 Å². The molecule has 4 aromatic carbocycles. The maximum Gasteiger partial charge on any atom is 0.229 e. The average molecular weight is 811 g/mol. The van der Waals surface area contributed by atoms with Crippen LogP contribution in [0.4, 0.5) is 22.7 Å². The van der Waals surface area contributed by atoms with Crippen molar-refractivity contribution < 1.29 is 30.0 Å². The van der Waals surface area contributed by atoms with Gasteiger partial charge in [0.2, 0.25) is 11.6 Å². The molecule has 10 heteroatoms.